The Morgan fingerprint density at radius 1 is 1.05 bits per heavy atom. The van der Waals surface area contributed by atoms with Crippen LogP contribution in [0.4, 0.5) is 17.6 Å². The van der Waals surface area contributed by atoms with Gasteiger partial charge in [0.2, 0.25) is 0 Å². The number of hydrogen-bond acceptors (Lipinski definition) is 2. The van der Waals surface area contributed by atoms with Gasteiger partial charge in [-0.1, -0.05) is 19.3 Å². The van der Waals surface area contributed by atoms with E-state index in [2.05, 4.69) is 10.6 Å². The second kappa shape index (κ2) is 7.07. The third kappa shape index (κ3) is 4.07. The normalized spacial score (nSPS) is 32.5. The van der Waals surface area contributed by atoms with Crippen LogP contribution in [0, 0.1) is 5.92 Å². The van der Waals surface area contributed by atoms with Crippen LogP contribution in [0.5, 0.6) is 0 Å². The number of hydrogen-bond donors (Lipinski definition) is 2. The molecule has 2 nitrogen and oxygen atoms in total. The molecule has 2 fully saturated rings. The van der Waals surface area contributed by atoms with Crippen molar-refractivity contribution in [1.82, 2.24) is 10.6 Å². The smallest absolute Gasteiger partial charge is 0.314 e. The lowest BCUT2D eigenvalue weighted by atomic mass is 9.77. The predicted octanol–water partition coefficient (Wildman–Crippen LogP) is 3.18. The summed E-state index contributed by atoms with van der Waals surface area (Å²) in [5.74, 6) is -3.64. The molecule has 2 rings (SSSR count). The van der Waals surface area contributed by atoms with Crippen LogP contribution >= 0.6 is 0 Å². The first-order chi connectivity index (χ1) is 9.50. The Morgan fingerprint density at radius 3 is 2.40 bits per heavy atom. The maximum atomic E-state index is 13.0. The quantitative estimate of drug-likeness (QED) is 0.761. The molecule has 0 aromatic carbocycles. The first-order valence-electron chi connectivity index (χ1n) is 7.63. The topological polar surface area (TPSA) is 24.1 Å². The van der Waals surface area contributed by atoms with Gasteiger partial charge in [-0.15, -0.1) is 0 Å². The Hall–Kier alpha value is -0.360. The van der Waals surface area contributed by atoms with E-state index in [1.54, 1.807) is 0 Å². The molecule has 0 radical (unpaired) electrons. The van der Waals surface area contributed by atoms with Crippen LogP contribution in [0.1, 0.15) is 44.9 Å². The molecule has 0 spiro atoms. The van der Waals surface area contributed by atoms with Crippen molar-refractivity contribution in [2.75, 3.05) is 13.1 Å². The van der Waals surface area contributed by atoms with Crippen molar-refractivity contribution in [3.05, 3.63) is 0 Å². The number of halogens is 4. The van der Waals surface area contributed by atoms with Crippen molar-refractivity contribution in [3.8, 4) is 0 Å². The summed E-state index contributed by atoms with van der Waals surface area (Å²) in [7, 11) is 0. The lowest BCUT2D eigenvalue weighted by Crippen LogP contribution is -2.53. The summed E-state index contributed by atoms with van der Waals surface area (Å²) in [4.78, 5) is 0. The summed E-state index contributed by atoms with van der Waals surface area (Å²) >= 11 is 0. The minimum Gasteiger partial charge on any atom is -0.314 e. The Labute approximate surface area is 117 Å². The zero-order valence-corrected chi connectivity index (χ0v) is 11.7. The van der Waals surface area contributed by atoms with Gasteiger partial charge in [-0.25, -0.2) is 8.78 Å². The molecule has 1 heterocycles. The van der Waals surface area contributed by atoms with E-state index in [4.69, 9.17) is 0 Å². The highest BCUT2D eigenvalue weighted by Crippen LogP contribution is 2.31. The highest BCUT2D eigenvalue weighted by Gasteiger charge is 2.42. The van der Waals surface area contributed by atoms with Crippen molar-refractivity contribution in [2.24, 2.45) is 5.92 Å². The average Bonchev–Trinajstić information content (AvgIpc) is 2.46. The van der Waals surface area contributed by atoms with Gasteiger partial charge >= 0.3 is 12.3 Å². The molecule has 3 unspecified atom stereocenters. The molecule has 0 aromatic heterocycles. The van der Waals surface area contributed by atoms with Crippen molar-refractivity contribution in [3.63, 3.8) is 0 Å². The van der Waals surface area contributed by atoms with Gasteiger partial charge in [0.15, 0.2) is 0 Å². The van der Waals surface area contributed by atoms with Crippen molar-refractivity contribution < 1.29 is 17.6 Å². The molecule has 2 aliphatic rings. The molecule has 20 heavy (non-hydrogen) atoms. The van der Waals surface area contributed by atoms with Crippen LogP contribution in [0.3, 0.4) is 0 Å². The number of rotatable bonds is 5. The maximum Gasteiger partial charge on any atom is 0.319 e. The molecule has 2 N–H and O–H groups in total. The molecule has 0 amide bonds. The van der Waals surface area contributed by atoms with Gasteiger partial charge in [0.05, 0.1) is 6.54 Å². The largest absolute Gasteiger partial charge is 0.319 e. The standard InChI is InChI=1S/C14H24F4N2/c15-13(16)14(17,18)9-20-12-6-2-1-5-10(12)11-7-3-4-8-19-11/h10-13,19-20H,1-9H2. The Balaban J connectivity index is 1.89. The van der Waals surface area contributed by atoms with Crippen LogP contribution in [0.15, 0.2) is 0 Å². The molecule has 1 saturated carbocycles. The molecule has 1 aliphatic heterocycles. The molecule has 1 saturated heterocycles. The summed E-state index contributed by atoms with van der Waals surface area (Å²) < 4.78 is 50.5. The third-order valence-corrected chi connectivity index (χ3v) is 4.60. The van der Waals surface area contributed by atoms with Crippen molar-refractivity contribution in [2.45, 2.75) is 69.4 Å². The molecule has 0 bridgehead atoms. The summed E-state index contributed by atoms with van der Waals surface area (Å²) in [6.45, 7) is 0.0552. The second-order valence-corrected chi connectivity index (χ2v) is 6.05. The fraction of sp³-hybridized carbons (Fsp3) is 1.00. The fourth-order valence-corrected chi connectivity index (χ4v) is 3.48. The van der Waals surface area contributed by atoms with Crippen LogP contribution in [0.25, 0.3) is 0 Å². The lowest BCUT2D eigenvalue weighted by Gasteiger charge is -2.40. The van der Waals surface area contributed by atoms with Crippen molar-refractivity contribution >= 4 is 0 Å². The Kier molecular flexibility index (Phi) is 5.66. The highest BCUT2D eigenvalue weighted by atomic mass is 19.3. The summed E-state index contributed by atoms with van der Waals surface area (Å²) in [5.41, 5.74) is 0. The van der Waals surface area contributed by atoms with E-state index >= 15 is 0 Å². The van der Waals surface area contributed by atoms with Gasteiger partial charge in [0.25, 0.3) is 0 Å². The Bertz CT molecular complexity index is 293. The van der Waals surface area contributed by atoms with E-state index in [1.807, 2.05) is 0 Å². The number of piperidine rings is 1. The molecular weight excluding hydrogens is 272 g/mol. The summed E-state index contributed by atoms with van der Waals surface area (Å²) in [5, 5.41) is 6.18. The zero-order chi connectivity index (χ0) is 14.6. The second-order valence-electron chi connectivity index (χ2n) is 6.05. The van der Waals surface area contributed by atoms with Crippen LogP contribution in [0.2, 0.25) is 0 Å². The molecule has 1 aliphatic carbocycles. The zero-order valence-electron chi connectivity index (χ0n) is 11.7. The predicted molar refractivity (Wildman–Crippen MR) is 70.3 cm³/mol. The third-order valence-electron chi connectivity index (χ3n) is 4.60. The summed E-state index contributed by atoms with van der Waals surface area (Å²) in [6, 6.07) is 0.283. The number of alkyl halides is 4. The molecule has 3 atom stereocenters. The first kappa shape index (κ1) is 16.0. The lowest BCUT2D eigenvalue weighted by molar-refractivity contribution is -0.127. The molecular formula is C14H24F4N2. The minimum absolute atomic E-state index is 0.0658. The van der Waals surface area contributed by atoms with E-state index in [0.717, 1.165) is 51.5 Å². The Morgan fingerprint density at radius 2 is 1.75 bits per heavy atom. The van der Waals surface area contributed by atoms with Gasteiger partial charge in [0.1, 0.15) is 0 Å². The minimum atomic E-state index is -3.93. The fourth-order valence-electron chi connectivity index (χ4n) is 3.48. The van der Waals surface area contributed by atoms with Crippen LogP contribution in [-0.2, 0) is 0 Å². The molecule has 0 aromatic rings. The SMILES string of the molecule is FC(F)C(F)(F)CNC1CCCCC1C1CCCCN1. The highest BCUT2D eigenvalue weighted by molar-refractivity contribution is 4.91. The van der Waals surface area contributed by atoms with Gasteiger partial charge in [-0.2, -0.15) is 8.78 Å². The maximum absolute atomic E-state index is 13.0. The van der Waals surface area contributed by atoms with Crippen molar-refractivity contribution in [1.29, 1.82) is 0 Å². The van der Waals surface area contributed by atoms with Gasteiger partial charge in [-0.3, -0.25) is 0 Å². The van der Waals surface area contributed by atoms with Gasteiger partial charge in [0, 0.05) is 12.1 Å². The monoisotopic (exact) mass is 296 g/mol. The van der Waals surface area contributed by atoms with E-state index in [0.29, 0.717) is 6.04 Å². The van der Waals surface area contributed by atoms with Crippen LogP contribution < -0.4 is 10.6 Å². The van der Waals surface area contributed by atoms with E-state index in [1.165, 1.54) is 0 Å². The molecule has 6 heteroatoms. The number of nitrogens with one attached hydrogen (secondary N) is 2. The molecule has 118 valence electrons. The van der Waals surface area contributed by atoms with E-state index in [-0.39, 0.29) is 12.0 Å². The van der Waals surface area contributed by atoms with E-state index < -0.39 is 18.9 Å². The summed E-state index contributed by atoms with van der Waals surface area (Å²) in [6.07, 6.45) is 3.68. The van der Waals surface area contributed by atoms with Gasteiger partial charge < -0.3 is 10.6 Å². The van der Waals surface area contributed by atoms with Gasteiger partial charge in [-0.05, 0) is 38.1 Å². The average molecular weight is 296 g/mol. The first-order valence-corrected chi connectivity index (χ1v) is 7.63. The van der Waals surface area contributed by atoms with Crippen LogP contribution in [-0.4, -0.2) is 37.5 Å². The van der Waals surface area contributed by atoms with E-state index in [9.17, 15) is 17.6 Å².